The van der Waals surface area contributed by atoms with Gasteiger partial charge in [0.25, 0.3) is 0 Å². The molecule has 3 aromatic heterocycles. The molecule has 0 bridgehead atoms. The third kappa shape index (κ3) is 3.28. The van der Waals surface area contributed by atoms with E-state index in [2.05, 4.69) is 30.7 Å². The molecule has 1 aliphatic carbocycles. The Balaban J connectivity index is 1.36. The van der Waals surface area contributed by atoms with Gasteiger partial charge in [-0.1, -0.05) is 22.4 Å². The number of benzene rings is 1. The Hall–Kier alpha value is -3.49. The van der Waals surface area contributed by atoms with Crippen LogP contribution >= 0.6 is 0 Å². The number of nitrogens with zero attached hydrogens (tertiary/aromatic N) is 5. The summed E-state index contributed by atoms with van der Waals surface area (Å²) in [6.45, 7) is 4.17. The predicted molar refractivity (Wildman–Crippen MR) is 101 cm³/mol. The highest BCUT2D eigenvalue weighted by Gasteiger charge is 2.30. The van der Waals surface area contributed by atoms with Crippen molar-refractivity contribution in [3.05, 3.63) is 58.6 Å². The zero-order valence-corrected chi connectivity index (χ0v) is 16.2. The van der Waals surface area contributed by atoms with E-state index in [9.17, 15) is 0 Å². The molecule has 0 fully saturated rings. The molecule has 3 heterocycles. The molecule has 0 spiro atoms. The third-order valence-corrected chi connectivity index (χ3v) is 5.28. The minimum Gasteiger partial charge on any atom is -0.489 e. The maximum atomic E-state index is 5.92. The van der Waals surface area contributed by atoms with Crippen LogP contribution in [0.4, 0.5) is 0 Å². The highest BCUT2D eigenvalue weighted by Crippen LogP contribution is 2.34. The summed E-state index contributed by atoms with van der Waals surface area (Å²) in [5.41, 5.74) is 4.50. The van der Waals surface area contributed by atoms with Crippen LogP contribution in [0.25, 0.3) is 11.4 Å². The van der Waals surface area contributed by atoms with Crippen LogP contribution in [0.15, 0.2) is 33.3 Å². The minimum atomic E-state index is -0.0160. The fourth-order valence-electron chi connectivity index (χ4n) is 3.66. The van der Waals surface area contributed by atoms with E-state index in [1.165, 1.54) is 0 Å². The quantitative estimate of drug-likeness (QED) is 0.548. The van der Waals surface area contributed by atoms with Crippen LogP contribution in [0.3, 0.4) is 0 Å². The summed E-state index contributed by atoms with van der Waals surface area (Å²) in [4.78, 5) is 4.62. The minimum absolute atomic E-state index is 0.0160. The van der Waals surface area contributed by atoms with Crippen molar-refractivity contribution in [3.8, 4) is 17.1 Å². The number of rotatable bonds is 5. The zero-order chi connectivity index (χ0) is 19.8. The molecule has 4 aromatic rings. The van der Waals surface area contributed by atoms with Crippen LogP contribution in [0.5, 0.6) is 5.75 Å². The summed E-state index contributed by atoms with van der Waals surface area (Å²) >= 11 is 0. The van der Waals surface area contributed by atoms with Crippen LogP contribution in [-0.4, -0.2) is 30.7 Å². The Bertz CT molecular complexity index is 1130. The summed E-state index contributed by atoms with van der Waals surface area (Å²) in [6, 6.07) is 7.63. The Morgan fingerprint density at radius 1 is 1.17 bits per heavy atom. The molecular formula is C20H20N6O3. The molecule has 9 nitrogen and oxygen atoms in total. The van der Waals surface area contributed by atoms with Crippen molar-refractivity contribution in [1.29, 1.82) is 0 Å². The van der Waals surface area contributed by atoms with Gasteiger partial charge in [0.05, 0.1) is 28.6 Å². The van der Waals surface area contributed by atoms with E-state index in [4.69, 9.17) is 13.8 Å². The Morgan fingerprint density at radius 2 is 2.10 bits per heavy atom. The molecule has 0 radical (unpaired) electrons. The highest BCUT2D eigenvalue weighted by atomic mass is 16.5. The van der Waals surface area contributed by atoms with Gasteiger partial charge in [0.1, 0.15) is 18.1 Å². The molecule has 29 heavy (non-hydrogen) atoms. The van der Waals surface area contributed by atoms with Gasteiger partial charge in [0, 0.05) is 5.56 Å². The average molecular weight is 392 g/mol. The van der Waals surface area contributed by atoms with Crippen LogP contribution in [0.2, 0.25) is 0 Å². The van der Waals surface area contributed by atoms with Gasteiger partial charge >= 0.3 is 0 Å². The smallest absolute Gasteiger partial charge is 0.236 e. The van der Waals surface area contributed by atoms with Crippen molar-refractivity contribution in [1.82, 2.24) is 30.7 Å². The van der Waals surface area contributed by atoms with E-state index >= 15 is 0 Å². The molecule has 0 amide bonds. The summed E-state index contributed by atoms with van der Waals surface area (Å²) in [7, 11) is 0. The molecule has 0 aliphatic heterocycles. The van der Waals surface area contributed by atoms with Gasteiger partial charge in [0.2, 0.25) is 11.7 Å². The molecule has 0 saturated heterocycles. The molecular weight excluding hydrogens is 372 g/mol. The first kappa shape index (κ1) is 17.6. The van der Waals surface area contributed by atoms with Gasteiger partial charge in [-0.25, -0.2) is 0 Å². The largest absolute Gasteiger partial charge is 0.489 e. The van der Waals surface area contributed by atoms with Gasteiger partial charge in [-0.15, -0.1) is 0 Å². The summed E-state index contributed by atoms with van der Waals surface area (Å²) in [5, 5.41) is 19.3. The standard InChI is InChI=1S/C20H20N6O3/c1-11-16(12(2)28-24-11)10-27-14-6-3-5-13(9-14)19-21-20(29-25-19)15-7-4-8-17-18(15)23-26-22-17/h3,5-6,9,15H,4,7-8,10H2,1-2H3,(H,22,23,26). The lowest BCUT2D eigenvalue weighted by molar-refractivity contribution is 0.302. The molecule has 1 unspecified atom stereocenters. The predicted octanol–water partition coefficient (Wildman–Crippen LogP) is 3.51. The SMILES string of the molecule is Cc1noc(C)c1COc1cccc(-c2noc(C3CCCc4n[nH]nc43)n2)c1. The molecule has 0 saturated carbocycles. The third-order valence-electron chi connectivity index (χ3n) is 5.28. The van der Waals surface area contributed by atoms with Crippen molar-refractivity contribution in [2.45, 2.75) is 45.6 Å². The molecule has 5 rings (SSSR count). The van der Waals surface area contributed by atoms with E-state index in [1.54, 1.807) is 0 Å². The maximum absolute atomic E-state index is 5.92. The number of H-pyrrole nitrogens is 1. The lowest BCUT2D eigenvalue weighted by Crippen LogP contribution is -2.11. The lowest BCUT2D eigenvalue weighted by atomic mass is 9.90. The number of nitrogens with one attached hydrogen (secondary N) is 1. The van der Waals surface area contributed by atoms with Crippen molar-refractivity contribution in [3.63, 3.8) is 0 Å². The van der Waals surface area contributed by atoms with Crippen LogP contribution in [0, 0.1) is 13.8 Å². The monoisotopic (exact) mass is 392 g/mol. The second-order valence-corrected chi connectivity index (χ2v) is 7.18. The average Bonchev–Trinajstić information content (AvgIpc) is 3.47. The number of aryl methyl sites for hydroxylation is 3. The van der Waals surface area contributed by atoms with Gasteiger partial charge in [-0.3, -0.25) is 0 Å². The fourth-order valence-corrected chi connectivity index (χ4v) is 3.66. The molecule has 9 heteroatoms. The normalized spacial score (nSPS) is 16.0. The van der Waals surface area contributed by atoms with Crippen molar-refractivity contribution < 1.29 is 13.8 Å². The van der Waals surface area contributed by atoms with E-state index in [-0.39, 0.29) is 5.92 Å². The lowest BCUT2D eigenvalue weighted by Gasteiger charge is -2.15. The molecule has 148 valence electrons. The first-order valence-electron chi connectivity index (χ1n) is 9.57. The molecule has 1 aliphatic rings. The second-order valence-electron chi connectivity index (χ2n) is 7.18. The number of aromatic amines is 1. The number of ether oxygens (including phenoxy) is 1. The molecule has 1 aromatic carbocycles. The molecule has 1 N–H and O–H groups in total. The zero-order valence-electron chi connectivity index (χ0n) is 16.2. The van der Waals surface area contributed by atoms with E-state index in [0.29, 0.717) is 24.1 Å². The van der Waals surface area contributed by atoms with Crippen molar-refractivity contribution >= 4 is 0 Å². The second kappa shape index (κ2) is 7.16. The molecule has 1 atom stereocenters. The Morgan fingerprint density at radius 3 is 2.97 bits per heavy atom. The first-order chi connectivity index (χ1) is 14.2. The van der Waals surface area contributed by atoms with E-state index in [1.807, 2.05) is 38.1 Å². The number of hydrogen-bond acceptors (Lipinski definition) is 8. The summed E-state index contributed by atoms with van der Waals surface area (Å²) in [5.74, 6) is 2.56. The summed E-state index contributed by atoms with van der Waals surface area (Å²) < 4.78 is 16.7. The van der Waals surface area contributed by atoms with Gasteiger partial charge in [0.15, 0.2) is 0 Å². The maximum Gasteiger partial charge on any atom is 0.236 e. The Labute approximate surface area is 166 Å². The highest BCUT2D eigenvalue weighted by molar-refractivity contribution is 5.57. The number of aromatic nitrogens is 6. The van der Waals surface area contributed by atoms with E-state index < -0.39 is 0 Å². The first-order valence-corrected chi connectivity index (χ1v) is 9.57. The van der Waals surface area contributed by atoms with Crippen LogP contribution in [-0.2, 0) is 13.0 Å². The van der Waals surface area contributed by atoms with Gasteiger partial charge < -0.3 is 13.8 Å². The van der Waals surface area contributed by atoms with E-state index in [0.717, 1.165) is 53.2 Å². The van der Waals surface area contributed by atoms with Crippen molar-refractivity contribution in [2.75, 3.05) is 0 Å². The van der Waals surface area contributed by atoms with Crippen LogP contribution < -0.4 is 4.74 Å². The number of fused-ring (bicyclic) bond motifs is 1. The summed E-state index contributed by atoms with van der Waals surface area (Å²) in [6.07, 6.45) is 2.86. The van der Waals surface area contributed by atoms with Crippen LogP contribution in [0.1, 0.15) is 53.1 Å². The topological polar surface area (TPSA) is 116 Å². The Kier molecular flexibility index (Phi) is 4.34. The fraction of sp³-hybridized carbons (Fsp3) is 0.350. The van der Waals surface area contributed by atoms with Gasteiger partial charge in [-0.2, -0.15) is 20.4 Å². The number of hydrogen-bond donors (Lipinski definition) is 1. The van der Waals surface area contributed by atoms with Gasteiger partial charge in [-0.05, 0) is 45.2 Å². The van der Waals surface area contributed by atoms with Crippen molar-refractivity contribution in [2.24, 2.45) is 0 Å².